The summed E-state index contributed by atoms with van der Waals surface area (Å²) in [5, 5.41) is 5.94. The fraction of sp³-hybridized carbons (Fsp3) is 0.333. The molecule has 0 radical (unpaired) electrons. The number of furan rings is 1. The lowest BCUT2D eigenvalue weighted by Gasteiger charge is -2.12. The second kappa shape index (κ2) is 5.69. The quantitative estimate of drug-likeness (QED) is 0.904. The molecule has 92 valence electrons. The summed E-state index contributed by atoms with van der Waals surface area (Å²) in [5.74, 6) is 1.67. The van der Waals surface area contributed by atoms with Crippen LogP contribution < -0.4 is 5.32 Å². The molecule has 0 aliphatic rings. The van der Waals surface area contributed by atoms with Crippen LogP contribution in [0.1, 0.15) is 22.4 Å². The SMILES string of the molecule is CNC(c1ccc(COC)o1)c1sccc1Cl. The third-order valence-electron chi connectivity index (χ3n) is 2.45. The van der Waals surface area contributed by atoms with Gasteiger partial charge in [0.25, 0.3) is 0 Å². The Hall–Kier alpha value is -0.810. The van der Waals surface area contributed by atoms with E-state index < -0.39 is 0 Å². The van der Waals surface area contributed by atoms with E-state index in [0.29, 0.717) is 6.61 Å². The zero-order chi connectivity index (χ0) is 12.3. The Labute approximate surface area is 109 Å². The maximum absolute atomic E-state index is 6.14. The van der Waals surface area contributed by atoms with Crippen molar-refractivity contribution in [2.75, 3.05) is 14.2 Å². The predicted molar refractivity (Wildman–Crippen MR) is 69.7 cm³/mol. The Bertz CT molecular complexity index is 480. The minimum atomic E-state index is -0.00638. The Kier molecular flexibility index (Phi) is 4.23. The van der Waals surface area contributed by atoms with Crippen LogP contribution in [0.15, 0.2) is 28.0 Å². The van der Waals surface area contributed by atoms with Crippen molar-refractivity contribution < 1.29 is 9.15 Å². The number of thiophene rings is 1. The van der Waals surface area contributed by atoms with Crippen molar-refractivity contribution in [2.24, 2.45) is 0 Å². The van der Waals surface area contributed by atoms with Gasteiger partial charge in [0, 0.05) is 12.0 Å². The Morgan fingerprint density at radius 3 is 2.88 bits per heavy atom. The van der Waals surface area contributed by atoms with E-state index in [2.05, 4.69) is 5.32 Å². The van der Waals surface area contributed by atoms with Gasteiger partial charge in [-0.1, -0.05) is 11.6 Å². The summed E-state index contributed by atoms with van der Waals surface area (Å²) in [6.45, 7) is 0.481. The summed E-state index contributed by atoms with van der Waals surface area (Å²) in [5.41, 5.74) is 0. The zero-order valence-electron chi connectivity index (χ0n) is 9.70. The number of rotatable bonds is 5. The summed E-state index contributed by atoms with van der Waals surface area (Å²) >= 11 is 7.75. The van der Waals surface area contributed by atoms with E-state index in [1.54, 1.807) is 18.4 Å². The van der Waals surface area contributed by atoms with Gasteiger partial charge in [-0.05, 0) is 30.6 Å². The van der Waals surface area contributed by atoms with Gasteiger partial charge in [-0.25, -0.2) is 0 Å². The van der Waals surface area contributed by atoms with E-state index in [-0.39, 0.29) is 6.04 Å². The van der Waals surface area contributed by atoms with Crippen LogP contribution in [0.3, 0.4) is 0 Å². The van der Waals surface area contributed by atoms with Crippen LogP contribution in [-0.2, 0) is 11.3 Å². The predicted octanol–water partition coefficient (Wildman–Crippen LogP) is 3.45. The van der Waals surface area contributed by atoms with Crippen molar-refractivity contribution in [3.63, 3.8) is 0 Å². The molecule has 0 fully saturated rings. The molecule has 5 heteroatoms. The van der Waals surface area contributed by atoms with Crippen molar-refractivity contribution in [2.45, 2.75) is 12.6 Å². The summed E-state index contributed by atoms with van der Waals surface area (Å²) < 4.78 is 10.7. The van der Waals surface area contributed by atoms with Gasteiger partial charge in [-0.15, -0.1) is 11.3 Å². The third-order valence-corrected chi connectivity index (χ3v) is 3.87. The normalized spacial score (nSPS) is 12.9. The number of nitrogens with one attached hydrogen (secondary N) is 1. The van der Waals surface area contributed by atoms with Crippen LogP contribution in [0.2, 0.25) is 5.02 Å². The first-order chi connectivity index (χ1) is 8.26. The highest BCUT2D eigenvalue weighted by Gasteiger charge is 2.19. The Balaban J connectivity index is 2.26. The first-order valence-corrected chi connectivity index (χ1v) is 6.49. The molecule has 0 amide bonds. The third kappa shape index (κ3) is 2.72. The largest absolute Gasteiger partial charge is 0.462 e. The number of hydrogen-bond donors (Lipinski definition) is 1. The topological polar surface area (TPSA) is 34.4 Å². The summed E-state index contributed by atoms with van der Waals surface area (Å²) in [6, 6.07) is 5.76. The van der Waals surface area contributed by atoms with Gasteiger partial charge in [-0.3, -0.25) is 0 Å². The van der Waals surface area contributed by atoms with Gasteiger partial charge in [0.05, 0.1) is 5.02 Å². The molecule has 0 aromatic carbocycles. The molecule has 2 rings (SSSR count). The van der Waals surface area contributed by atoms with Gasteiger partial charge in [-0.2, -0.15) is 0 Å². The average molecular weight is 272 g/mol. The minimum Gasteiger partial charge on any atom is -0.462 e. The van der Waals surface area contributed by atoms with Crippen LogP contribution in [-0.4, -0.2) is 14.2 Å². The molecule has 2 heterocycles. The maximum Gasteiger partial charge on any atom is 0.129 e. The molecular weight excluding hydrogens is 258 g/mol. The standard InChI is InChI=1S/C12H14ClNO2S/c1-14-11(12-9(13)5-6-17-12)10-4-3-8(16-10)7-15-2/h3-6,11,14H,7H2,1-2H3. The summed E-state index contributed by atoms with van der Waals surface area (Å²) in [7, 11) is 3.53. The molecule has 0 spiro atoms. The number of methoxy groups -OCH3 is 1. The molecule has 1 atom stereocenters. The highest BCUT2D eigenvalue weighted by atomic mass is 35.5. The molecular formula is C12H14ClNO2S. The molecule has 0 saturated carbocycles. The van der Waals surface area contributed by atoms with Crippen molar-refractivity contribution in [1.82, 2.24) is 5.32 Å². The van der Waals surface area contributed by atoms with E-state index in [1.165, 1.54) is 0 Å². The number of ether oxygens (including phenoxy) is 1. The lowest BCUT2D eigenvalue weighted by atomic mass is 10.2. The lowest BCUT2D eigenvalue weighted by Crippen LogP contribution is -2.16. The van der Waals surface area contributed by atoms with Gasteiger partial charge in [0.1, 0.15) is 24.2 Å². The average Bonchev–Trinajstić information content (AvgIpc) is 2.92. The number of halogens is 1. The highest BCUT2D eigenvalue weighted by Crippen LogP contribution is 2.33. The van der Waals surface area contributed by atoms with E-state index in [4.69, 9.17) is 20.8 Å². The molecule has 17 heavy (non-hydrogen) atoms. The molecule has 0 bridgehead atoms. The van der Waals surface area contributed by atoms with E-state index >= 15 is 0 Å². The molecule has 0 saturated heterocycles. The molecule has 2 aromatic rings. The van der Waals surface area contributed by atoms with Gasteiger partial charge in [0.15, 0.2) is 0 Å². The minimum absolute atomic E-state index is 0.00638. The van der Waals surface area contributed by atoms with Crippen molar-refractivity contribution in [3.05, 3.63) is 45.0 Å². The molecule has 0 aliphatic carbocycles. The van der Waals surface area contributed by atoms with Crippen LogP contribution in [0.5, 0.6) is 0 Å². The van der Waals surface area contributed by atoms with Crippen LogP contribution >= 0.6 is 22.9 Å². The second-order valence-electron chi connectivity index (χ2n) is 3.59. The van der Waals surface area contributed by atoms with Crippen LogP contribution in [0, 0.1) is 0 Å². The van der Waals surface area contributed by atoms with Gasteiger partial charge >= 0.3 is 0 Å². The van der Waals surface area contributed by atoms with Crippen molar-refractivity contribution >= 4 is 22.9 Å². The molecule has 1 unspecified atom stereocenters. The first-order valence-electron chi connectivity index (χ1n) is 5.24. The second-order valence-corrected chi connectivity index (χ2v) is 4.95. The molecule has 1 N–H and O–H groups in total. The fourth-order valence-corrected chi connectivity index (χ4v) is 2.97. The first kappa shape index (κ1) is 12.6. The van der Waals surface area contributed by atoms with E-state index in [0.717, 1.165) is 21.4 Å². The van der Waals surface area contributed by atoms with Gasteiger partial charge < -0.3 is 14.5 Å². The molecule has 0 aliphatic heterocycles. The van der Waals surface area contributed by atoms with E-state index in [9.17, 15) is 0 Å². The number of hydrogen-bond acceptors (Lipinski definition) is 4. The molecule has 2 aromatic heterocycles. The Morgan fingerprint density at radius 2 is 2.29 bits per heavy atom. The summed E-state index contributed by atoms with van der Waals surface area (Å²) in [6.07, 6.45) is 0. The zero-order valence-corrected chi connectivity index (χ0v) is 11.3. The van der Waals surface area contributed by atoms with Crippen molar-refractivity contribution in [3.8, 4) is 0 Å². The maximum atomic E-state index is 6.14. The lowest BCUT2D eigenvalue weighted by molar-refractivity contribution is 0.162. The monoisotopic (exact) mass is 271 g/mol. The highest BCUT2D eigenvalue weighted by molar-refractivity contribution is 7.10. The van der Waals surface area contributed by atoms with Gasteiger partial charge in [0.2, 0.25) is 0 Å². The van der Waals surface area contributed by atoms with Crippen molar-refractivity contribution in [1.29, 1.82) is 0 Å². The fourth-order valence-electron chi connectivity index (χ4n) is 1.68. The molecule has 3 nitrogen and oxygen atoms in total. The summed E-state index contributed by atoms with van der Waals surface area (Å²) in [4.78, 5) is 1.06. The smallest absolute Gasteiger partial charge is 0.129 e. The van der Waals surface area contributed by atoms with Crippen LogP contribution in [0.25, 0.3) is 0 Å². The Morgan fingerprint density at radius 1 is 1.47 bits per heavy atom. The van der Waals surface area contributed by atoms with Crippen LogP contribution in [0.4, 0.5) is 0 Å². The van der Waals surface area contributed by atoms with E-state index in [1.807, 2.05) is 30.6 Å².